The second-order valence-electron chi connectivity index (χ2n) is 5.04. The number of carboxylic acid groups (broad SMARTS) is 1. The summed E-state index contributed by atoms with van der Waals surface area (Å²) >= 11 is 4.92. The predicted octanol–water partition coefficient (Wildman–Crippen LogP) is 3.68. The minimum atomic E-state index is -0.810. The van der Waals surface area contributed by atoms with Crippen LogP contribution in [0.4, 0.5) is 0 Å². The normalized spacial score (nSPS) is 23.7. The summed E-state index contributed by atoms with van der Waals surface area (Å²) in [7, 11) is 0. The first-order valence-corrected chi connectivity index (χ1v) is 8.48. The molecule has 1 aliphatic rings. The molecule has 20 heavy (non-hydrogen) atoms. The predicted molar refractivity (Wildman–Crippen MR) is 81.7 cm³/mol. The van der Waals surface area contributed by atoms with E-state index in [4.69, 9.17) is 0 Å². The first-order valence-electron chi connectivity index (χ1n) is 6.80. The summed E-state index contributed by atoms with van der Waals surface area (Å²) < 4.78 is 0.940. The van der Waals surface area contributed by atoms with Gasteiger partial charge in [0.15, 0.2) is 0 Å². The minimum Gasteiger partial charge on any atom is -0.481 e. The highest BCUT2D eigenvalue weighted by molar-refractivity contribution is 9.10. The van der Waals surface area contributed by atoms with Crippen molar-refractivity contribution in [3.05, 3.63) is 20.8 Å². The van der Waals surface area contributed by atoms with E-state index in [0.29, 0.717) is 25.8 Å². The van der Waals surface area contributed by atoms with Crippen molar-refractivity contribution in [3.8, 4) is 0 Å². The number of aliphatic carboxylic acids is 1. The van der Waals surface area contributed by atoms with Crippen molar-refractivity contribution in [3.63, 3.8) is 0 Å². The first kappa shape index (κ1) is 15.5. The summed E-state index contributed by atoms with van der Waals surface area (Å²) in [6.07, 6.45) is 2.49. The van der Waals surface area contributed by atoms with Gasteiger partial charge in [0.1, 0.15) is 0 Å². The lowest BCUT2D eigenvalue weighted by Gasteiger charge is -2.32. The van der Waals surface area contributed by atoms with Gasteiger partial charge < -0.3 is 10.0 Å². The lowest BCUT2D eigenvalue weighted by atomic mass is 9.93. The Morgan fingerprint density at radius 3 is 2.90 bits per heavy atom. The Morgan fingerprint density at radius 2 is 2.35 bits per heavy atom. The lowest BCUT2D eigenvalue weighted by Crippen LogP contribution is -2.39. The molecule has 110 valence electrons. The van der Waals surface area contributed by atoms with E-state index in [1.165, 1.54) is 11.3 Å². The Kier molecular flexibility index (Phi) is 5.21. The van der Waals surface area contributed by atoms with Crippen molar-refractivity contribution in [2.75, 3.05) is 6.54 Å². The number of halogens is 1. The molecule has 1 N–H and O–H groups in total. The number of rotatable bonds is 4. The Hall–Kier alpha value is -0.880. The van der Waals surface area contributed by atoms with E-state index in [-0.39, 0.29) is 11.9 Å². The molecule has 0 saturated carbocycles. The van der Waals surface area contributed by atoms with E-state index in [1.54, 1.807) is 4.90 Å². The summed E-state index contributed by atoms with van der Waals surface area (Å²) in [6, 6.07) is 1.60. The third-order valence-corrected chi connectivity index (χ3v) is 5.37. The molecule has 6 heteroatoms. The van der Waals surface area contributed by atoms with Crippen LogP contribution >= 0.6 is 27.3 Å². The van der Waals surface area contributed by atoms with Crippen molar-refractivity contribution in [2.24, 2.45) is 5.92 Å². The summed E-state index contributed by atoms with van der Waals surface area (Å²) in [4.78, 5) is 26.6. The standard InChI is InChI=1S/C14H18BrNO3S/c1-2-6-16-12(17)5-3-4-10(14(18)19)13(16)11-7-9(15)8-20-11/h7-8,10,13H,2-6H2,1H3,(H,18,19). The Labute approximate surface area is 130 Å². The van der Waals surface area contributed by atoms with Crippen LogP contribution in [0.2, 0.25) is 0 Å². The molecule has 1 aromatic rings. The van der Waals surface area contributed by atoms with Crippen LogP contribution < -0.4 is 0 Å². The number of hydrogen-bond acceptors (Lipinski definition) is 3. The number of carbonyl (C=O) groups excluding carboxylic acids is 1. The second kappa shape index (κ2) is 6.72. The van der Waals surface area contributed by atoms with Crippen LogP contribution in [0, 0.1) is 5.92 Å². The number of nitrogens with zero attached hydrogens (tertiary/aromatic N) is 1. The third kappa shape index (κ3) is 3.23. The second-order valence-corrected chi connectivity index (χ2v) is 6.89. The average Bonchev–Trinajstić information content (AvgIpc) is 2.74. The molecule has 0 bridgehead atoms. The number of carboxylic acids is 1. The summed E-state index contributed by atoms with van der Waals surface area (Å²) in [5, 5.41) is 11.5. The van der Waals surface area contributed by atoms with E-state index in [9.17, 15) is 14.7 Å². The molecule has 2 unspecified atom stereocenters. The van der Waals surface area contributed by atoms with Crippen LogP contribution in [0.3, 0.4) is 0 Å². The molecule has 4 nitrogen and oxygen atoms in total. The van der Waals surface area contributed by atoms with Gasteiger partial charge in [0.25, 0.3) is 0 Å². The maximum Gasteiger partial charge on any atom is 0.308 e. The van der Waals surface area contributed by atoms with Crippen molar-refractivity contribution in [1.82, 2.24) is 4.90 Å². The number of likely N-dealkylation sites (tertiary alicyclic amines) is 1. The topological polar surface area (TPSA) is 57.6 Å². The first-order chi connectivity index (χ1) is 9.54. The summed E-state index contributed by atoms with van der Waals surface area (Å²) in [5.41, 5.74) is 0. The monoisotopic (exact) mass is 359 g/mol. The number of hydrogen-bond donors (Lipinski definition) is 1. The highest BCUT2D eigenvalue weighted by Gasteiger charge is 2.38. The van der Waals surface area contributed by atoms with Crippen molar-refractivity contribution in [2.45, 2.75) is 38.6 Å². The molecule has 0 radical (unpaired) electrons. The van der Waals surface area contributed by atoms with Gasteiger partial charge in [-0.1, -0.05) is 6.92 Å². The molecule has 0 spiro atoms. The van der Waals surface area contributed by atoms with Gasteiger partial charge in [-0.3, -0.25) is 9.59 Å². The highest BCUT2D eigenvalue weighted by atomic mass is 79.9. The van der Waals surface area contributed by atoms with Gasteiger partial charge >= 0.3 is 5.97 Å². The van der Waals surface area contributed by atoms with Gasteiger partial charge in [-0.2, -0.15) is 0 Å². The smallest absolute Gasteiger partial charge is 0.308 e. The van der Waals surface area contributed by atoms with Crippen LogP contribution in [0.15, 0.2) is 15.9 Å². The zero-order valence-corrected chi connectivity index (χ0v) is 13.7. The van der Waals surface area contributed by atoms with Crippen molar-refractivity contribution >= 4 is 39.1 Å². The van der Waals surface area contributed by atoms with E-state index in [0.717, 1.165) is 15.8 Å². The van der Waals surface area contributed by atoms with Crippen molar-refractivity contribution < 1.29 is 14.7 Å². The fourth-order valence-electron chi connectivity index (χ4n) is 2.75. The zero-order chi connectivity index (χ0) is 14.7. The van der Waals surface area contributed by atoms with Gasteiger partial charge in [0.05, 0.1) is 12.0 Å². The van der Waals surface area contributed by atoms with Gasteiger partial charge in [0.2, 0.25) is 5.91 Å². The quantitative estimate of drug-likeness (QED) is 0.891. The lowest BCUT2D eigenvalue weighted by molar-refractivity contribution is -0.146. The van der Waals surface area contributed by atoms with Gasteiger partial charge in [-0.25, -0.2) is 0 Å². The minimum absolute atomic E-state index is 0.0742. The molecule has 0 aliphatic carbocycles. The van der Waals surface area contributed by atoms with E-state index < -0.39 is 11.9 Å². The largest absolute Gasteiger partial charge is 0.481 e. The van der Waals surface area contributed by atoms with Crippen LogP contribution in [0.1, 0.15) is 43.5 Å². The fraction of sp³-hybridized carbons (Fsp3) is 0.571. The number of amides is 1. The van der Waals surface area contributed by atoms with Gasteiger partial charge in [-0.05, 0) is 41.3 Å². The Bertz CT molecular complexity index is 502. The maximum atomic E-state index is 12.3. The SMILES string of the molecule is CCCN1C(=O)CCCC(C(=O)O)C1c1cc(Br)cs1. The van der Waals surface area contributed by atoms with Crippen LogP contribution in [0.5, 0.6) is 0 Å². The zero-order valence-electron chi connectivity index (χ0n) is 11.3. The van der Waals surface area contributed by atoms with Crippen LogP contribution in [-0.2, 0) is 9.59 Å². The molecular weight excluding hydrogens is 342 g/mol. The molecule has 1 fully saturated rings. The van der Waals surface area contributed by atoms with E-state index in [1.807, 2.05) is 18.4 Å². The number of carbonyl (C=O) groups is 2. The Balaban J connectivity index is 2.42. The molecule has 1 amide bonds. The molecule has 2 atom stereocenters. The maximum absolute atomic E-state index is 12.3. The third-order valence-electron chi connectivity index (χ3n) is 3.60. The molecule has 2 rings (SSSR count). The van der Waals surface area contributed by atoms with E-state index in [2.05, 4.69) is 15.9 Å². The van der Waals surface area contributed by atoms with E-state index >= 15 is 0 Å². The molecule has 0 aromatic carbocycles. The molecule has 1 aromatic heterocycles. The highest BCUT2D eigenvalue weighted by Crippen LogP contribution is 2.39. The molecule has 1 aliphatic heterocycles. The van der Waals surface area contributed by atoms with Crippen LogP contribution in [0.25, 0.3) is 0 Å². The fourth-order valence-corrected chi connectivity index (χ4v) is 4.37. The Morgan fingerprint density at radius 1 is 1.60 bits per heavy atom. The van der Waals surface area contributed by atoms with Gasteiger partial charge in [-0.15, -0.1) is 11.3 Å². The van der Waals surface area contributed by atoms with Crippen LogP contribution in [-0.4, -0.2) is 28.4 Å². The number of thiophene rings is 1. The summed E-state index contributed by atoms with van der Waals surface area (Å²) in [5.74, 6) is -1.25. The summed E-state index contributed by atoms with van der Waals surface area (Å²) in [6.45, 7) is 2.62. The van der Waals surface area contributed by atoms with Gasteiger partial charge in [0, 0.05) is 27.7 Å². The molecule has 2 heterocycles. The molecular formula is C14H18BrNO3S. The molecule has 1 saturated heterocycles. The van der Waals surface area contributed by atoms with Crippen molar-refractivity contribution in [1.29, 1.82) is 0 Å². The average molecular weight is 360 g/mol.